The van der Waals surface area contributed by atoms with Gasteiger partial charge in [-0.2, -0.15) is 0 Å². The van der Waals surface area contributed by atoms with Gasteiger partial charge in [0.05, 0.1) is 11.1 Å². The molecule has 2 aromatic rings. The maximum Gasteiger partial charge on any atom is 0.141 e. The highest BCUT2D eigenvalue weighted by atomic mass is 19.1. The van der Waals surface area contributed by atoms with Gasteiger partial charge in [0.25, 0.3) is 0 Å². The minimum Gasteiger partial charge on any atom is -0.207 e. The van der Waals surface area contributed by atoms with Gasteiger partial charge in [-0.15, -0.1) is 0 Å². The molecule has 0 amide bonds. The van der Waals surface area contributed by atoms with E-state index in [1.165, 1.54) is 69.2 Å². The van der Waals surface area contributed by atoms with Crippen LogP contribution in [-0.2, 0) is 0 Å². The molecule has 0 spiro atoms. The molecular weight excluding hydrogens is 472 g/mol. The molecule has 0 saturated heterocycles. The summed E-state index contributed by atoms with van der Waals surface area (Å²) in [5, 5.41) is 0. The highest BCUT2D eigenvalue weighted by Crippen LogP contribution is 2.31. The lowest BCUT2D eigenvalue weighted by molar-refractivity contribution is 0.300. The molecule has 0 heterocycles. The van der Waals surface area contributed by atoms with Gasteiger partial charge in [0.15, 0.2) is 0 Å². The van der Waals surface area contributed by atoms with Crippen molar-refractivity contribution in [2.24, 2.45) is 23.7 Å². The minimum atomic E-state index is -0.565. The van der Waals surface area contributed by atoms with Crippen molar-refractivity contribution in [1.29, 1.82) is 0 Å². The van der Waals surface area contributed by atoms with Gasteiger partial charge in [-0.05, 0) is 87.5 Å². The summed E-state index contributed by atoms with van der Waals surface area (Å²) in [4.78, 5) is 0. The van der Waals surface area contributed by atoms with Crippen molar-refractivity contribution in [3.05, 3.63) is 70.8 Å². The Hall–Kier alpha value is -2.72. The molecule has 0 radical (unpaired) electrons. The Balaban J connectivity index is 0.000000206. The molecule has 2 aliphatic rings. The maximum atomic E-state index is 13.4. The third-order valence-corrected chi connectivity index (χ3v) is 7.65. The average molecular weight is 511 g/mol. The molecular formula is C33H38F4. The second kappa shape index (κ2) is 14.9. The van der Waals surface area contributed by atoms with Crippen LogP contribution < -0.4 is 0 Å². The quantitative estimate of drug-likeness (QED) is 0.285. The summed E-state index contributed by atoms with van der Waals surface area (Å²) < 4.78 is 52.3. The third-order valence-electron chi connectivity index (χ3n) is 7.65. The van der Waals surface area contributed by atoms with Gasteiger partial charge in [0.1, 0.15) is 23.3 Å². The maximum absolute atomic E-state index is 13.4. The number of hydrogen-bond acceptors (Lipinski definition) is 0. The SMILES string of the molecule is CCC1CCC(C#Cc2ccc(F)cc2F)CC1.CCCC1CCC(C#Cc2ccc(F)cc2F)CC1. The summed E-state index contributed by atoms with van der Waals surface area (Å²) >= 11 is 0. The van der Waals surface area contributed by atoms with Crippen LogP contribution >= 0.6 is 0 Å². The molecule has 0 atom stereocenters. The van der Waals surface area contributed by atoms with Crippen molar-refractivity contribution in [2.45, 2.75) is 84.5 Å². The zero-order chi connectivity index (χ0) is 26.6. The Bertz CT molecular complexity index is 1110. The number of benzene rings is 2. The predicted molar refractivity (Wildman–Crippen MR) is 143 cm³/mol. The van der Waals surface area contributed by atoms with E-state index < -0.39 is 23.3 Å². The number of rotatable bonds is 3. The van der Waals surface area contributed by atoms with Gasteiger partial charge >= 0.3 is 0 Å². The fourth-order valence-corrected chi connectivity index (χ4v) is 5.26. The van der Waals surface area contributed by atoms with Gasteiger partial charge in [-0.3, -0.25) is 0 Å². The molecule has 0 N–H and O–H groups in total. The standard InChI is InChI=1S/C17H20F2.C16H18F2/c1-2-3-13-4-6-14(7-5-13)8-9-15-10-11-16(18)12-17(15)19;1-2-12-3-5-13(6-4-12)7-8-14-9-10-15(17)11-16(14)18/h10-14H,2-7H2,1H3;9-13H,2-6H2,1H3. The molecule has 0 aliphatic heterocycles. The Morgan fingerprint density at radius 3 is 1.43 bits per heavy atom. The first kappa shape index (κ1) is 28.8. The van der Waals surface area contributed by atoms with E-state index in [1.54, 1.807) is 0 Å². The summed E-state index contributed by atoms with van der Waals surface area (Å²) in [7, 11) is 0. The topological polar surface area (TPSA) is 0 Å². The van der Waals surface area contributed by atoms with Crippen LogP contribution in [0.1, 0.15) is 95.6 Å². The molecule has 0 bridgehead atoms. The molecule has 2 aliphatic carbocycles. The van der Waals surface area contributed by atoms with E-state index in [4.69, 9.17) is 0 Å². The van der Waals surface area contributed by atoms with Crippen molar-refractivity contribution in [3.8, 4) is 23.7 Å². The van der Waals surface area contributed by atoms with E-state index in [0.29, 0.717) is 23.0 Å². The smallest absolute Gasteiger partial charge is 0.141 e. The van der Waals surface area contributed by atoms with Gasteiger partial charge in [0, 0.05) is 24.0 Å². The summed E-state index contributed by atoms with van der Waals surface area (Å²) in [6.07, 6.45) is 13.2. The van der Waals surface area contributed by atoms with Crippen molar-refractivity contribution < 1.29 is 17.6 Å². The molecule has 0 nitrogen and oxygen atoms in total. The first-order valence-corrected chi connectivity index (χ1v) is 13.8. The van der Waals surface area contributed by atoms with Crippen molar-refractivity contribution >= 4 is 0 Å². The van der Waals surface area contributed by atoms with E-state index in [0.717, 1.165) is 49.7 Å². The molecule has 4 heteroatoms. The first-order valence-electron chi connectivity index (χ1n) is 13.8. The van der Waals surface area contributed by atoms with Gasteiger partial charge < -0.3 is 0 Å². The summed E-state index contributed by atoms with van der Waals surface area (Å²) in [6, 6.07) is 7.11. The Morgan fingerprint density at radius 1 is 0.622 bits per heavy atom. The Morgan fingerprint density at radius 2 is 1.05 bits per heavy atom. The van der Waals surface area contributed by atoms with Crippen LogP contribution in [0.25, 0.3) is 0 Å². The second-order valence-electron chi connectivity index (χ2n) is 10.4. The lowest BCUT2D eigenvalue weighted by Crippen LogP contribution is -2.13. The van der Waals surface area contributed by atoms with E-state index in [9.17, 15) is 17.6 Å². The number of hydrogen-bond donors (Lipinski definition) is 0. The molecule has 2 fully saturated rings. The Kier molecular flexibility index (Phi) is 11.6. The van der Waals surface area contributed by atoms with Crippen LogP contribution in [0.4, 0.5) is 17.6 Å². The average Bonchev–Trinajstić information content (AvgIpc) is 2.89. The van der Waals surface area contributed by atoms with Gasteiger partial charge in [-0.1, -0.05) is 56.8 Å². The summed E-state index contributed by atoms with van der Waals surface area (Å²) in [5.41, 5.74) is 0.603. The van der Waals surface area contributed by atoms with Gasteiger partial charge in [-0.25, -0.2) is 17.6 Å². The lowest BCUT2D eigenvalue weighted by Gasteiger charge is -2.25. The van der Waals surface area contributed by atoms with Crippen molar-refractivity contribution in [2.75, 3.05) is 0 Å². The zero-order valence-corrected chi connectivity index (χ0v) is 22.1. The predicted octanol–water partition coefficient (Wildman–Crippen LogP) is 9.46. The monoisotopic (exact) mass is 510 g/mol. The Labute approximate surface area is 220 Å². The summed E-state index contributed by atoms with van der Waals surface area (Å²) in [5.74, 6) is 12.2. The van der Waals surface area contributed by atoms with E-state index in [2.05, 4.69) is 37.5 Å². The highest BCUT2D eigenvalue weighted by Gasteiger charge is 2.19. The van der Waals surface area contributed by atoms with Crippen LogP contribution in [0.5, 0.6) is 0 Å². The second-order valence-corrected chi connectivity index (χ2v) is 10.4. The molecule has 2 aromatic carbocycles. The fraction of sp³-hybridized carbons (Fsp3) is 0.515. The van der Waals surface area contributed by atoms with Crippen LogP contribution in [-0.4, -0.2) is 0 Å². The molecule has 198 valence electrons. The zero-order valence-electron chi connectivity index (χ0n) is 22.1. The molecule has 37 heavy (non-hydrogen) atoms. The third kappa shape index (κ3) is 9.59. The van der Waals surface area contributed by atoms with Crippen molar-refractivity contribution in [1.82, 2.24) is 0 Å². The number of halogens is 4. The van der Waals surface area contributed by atoms with E-state index in [-0.39, 0.29) is 0 Å². The first-order chi connectivity index (χ1) is 17.9. The normalized spacial score (nSPS) is 23.0. The van der Waals surface area contributed by atoms with Gasteiger partial charge in [0.2, 0.25) is 0 Å². The molecule has 2 saturated carbocycles. The largest absolute Gasteiger partial charge is 0.207 e. The van der Waals surface area contributed by atoms with E-state index >= 15 is 0 Å². The summed E-state index contributed by atoms with van der Waals surface area (Å²) in [6.45, 7) is 4.45. The van der Waals surface area contributed by atoms with E-state index in [1.807, 2.05) is 0 Å². The van der Waals surface area contributed by atoms with Crippen molar-refractivity contribution in [3.63, 3.8) is 0 Å². The van der Waals surface area contributed by atoms with Crippen LogP contribution in [0.15, 0.2) is 36.4 Å². The van der Waals surface area contributed by atoms with Crippen LogP contribution in [0.3, 0.4) is 0 Å². The fourth-order valence-electron chi connectivity index (χ4n) is 5.26. The molecule has 0 unspecified atom stereocenters. The van der Waals surface area contributed by atoms with Crippen LogP contribution in [0.2, 0.25) is 0 Å². The lowest BCUT2D eigenvalue weighted by atomic mass is 9.80. The minimum absolute atomic E-state index is 0.300. The highest BCUT2D eigenvalue weighted by molar-refractivity contribution is 5.37. The molecule has 0 aromatic heterocycles. The molecule has 4 rings (SSSR count). The van der Waals surface area contributed by atoms with Crippen LogP contribution in [0, 0.1) is 70.6 Å².